The van der Waals surface area contributed by atoms with Crippen molar-refractivity contribution in [3.05, 3.63) is 0 Å². The van der Waals surface area contributed by atoms with E-state index in [1.54, 1.807) is 0 Å². The summed E-state index contributed by atoms with van der Waals surface area (Å²) in [6.07, 6.45) is -0.358. The zero-order valence-electron chi connectivity index (χ0n) is 11.9. The minimum atomic E-state index is -0.595. The molecule has 0 N–H and O–H groups in total. The molecule has 2 rings (SSSR count). The Balaban J connectivity index is 2.00. The van der Waals surface area contributed by atoms with Gasteiger partial charge in [-0.05, 0) is 34.6 Å². The number of hydrogen-bond donors (Lipinski definition) is 0. The van der Waals surface area contributed by atoms with E-state index in [2.05, 4.69) is 0 Å². The van der Waals surface area contributed by atoms with Gasteiger partial charge in [-0.25, -0.2) is 0 Å². The molecule has 0 aromatic carbocycles. The first-order chi connectivity index (χ1) is 8.33. The van der Waals surface area contributed by atoms with Gasteiger partial charge < -0.3 is 23.7 Å². The molecule has 0 radical (unpaired) electrons. The van der Waals surface area contributed by atoms with Gasteiger partial charge >= 0.3 is 0 Å². The number of ether oxygens (including phenoxy) is 5. The Morgan fingerprint density at radius 1 is 1.06 bits per heavy atom. The first kappa shape index (κ1) is 14.2. The van der Waals surface area contributed by atoms with Gasteiger partial charge in [-0.15, -0.1) is 0 Å². The largest absolute Gasteiger partial charge is 0.379 e. The van der Waals surface area contributed by atoms with Gasteiger partial charge in [-0.1, -0.05) is 0 Å². The fraction of sp³-hybridized carbons (Fsp3) is 1.00. The summed E-state index contributed by atoms with van der Waals surface area (Å²) in [6.45, 7) is 11.3. The average Bonchev–Trinajstić information content (AvgIpc) is 2.75. The van der Waals surface area contributed by atoms with Crippen LogP contribution in [0.2, 0.25) is 0 Å². The molecule has 5 nitrogen and oxygen atoms in total. The lowest BCUT2D eigenvalue weighted by Gasteiger charge is -2.23. The molecule has 2 saturated heterocycles. The Labute approximate surface area is 109 Å². The Kier molecular flexibility index (Phi) is 3.99. The molecular formula is C13H24O5. The van der Waals surface area contributed by atoms with Gasteiger partial charge in [0, 0.05) is 6.61 Å². The summed E-state index contributed by atoms with van der Waals surface area (Å²) in [5, 5.41) is 0. The monoisotopic (exact) mass is 260 g/mol. The molecule has 18 heavy (non-hydrogen) atoms. The second-order valence-corrected chi connectivity index (χ2v) is 5.67. The zero-order valence-corrected chi connectivity index (χ0v) is 11.9. The van der Waals surface area contributed by atoms with Crippen LogP contribution < -0.4 is 0 Å². The normalized spacial score (nSPS) is 38.2. The molecule has 2 aliphatic rings. The van der Waals surface area contributed by atoms with Crippen LogP contribution in [-0.2, 0) is 23.7 Å². The Bertz CT molecular complexity index is 289. The van der Waals surface area contributed by atoms with E-state index < -0.39 is 11.6 Å². The molecule has 0 aliphatic carbocycles. The minimum absolute atomic E-state index is 0.104. The van der Waals surface area contributed by atoms with Gasteiger partial charge in [-0.2, -0.15) is 0 Å². The molecule has 5 heteroatoms. The van der Waals surface area contributed by atoms with Crippen molar-refractivity contribution < 1.29 is 23.7 Å². The molecule has 2 heterocycles. The van der Waals surface area contributed by atoms with E-state index in [-0.39, 0.29) is 18.3 Å². The van der Waals surface area contributed by atoms with Crippen molar-refractivity contribution in [2.45, 2.75) is 64.5 Å². The molecule has 0 spiro atoms. The van der Waals surface area contributed by atoms with Crippen LogP contribution in [-0.4, -0.2) is 49.7 Å². The molecule has 0 unspecified atom stereocenters. The third kappa shape index (κ3) is 3.22. The van der Waals surface area contributed by atoms with Gasteiger partial charge in [0.1, 0.15) is 18.3 Å². The molecule has 106 valence electrons. The number of hydrogen-bond acceptors (Lipinski definition) is 5. The van der Waals surface area contributed by atoms with Crippen LogP contribution in [0.4, 0.5) is 0 Å². The lowest BCUT2D eigenvalue weighted by Crippen LogP contribution is -2.40. The van der Waals surface area contributed by atoms with Crippen molar-refractivity contribution in [1.29, 1.82) is 0 Å². The maximum atomic E-state index is 5.93. The molecule has 2 fully saturated rings. The topological polar surface area (TPSA) is 46.2 Å². The fourth-order valence-corrected chi connectivity index (χ4v) is 2.42. The van der Waals surface area contributed by atoms with Crippen molar-refractivity contribution in [3.63, 3.8) is 0 Å². The summed E-state index contributed by atoms with van der Waals surface area (Å²) in [7, 11) is 0. The molecule has 3 atom stereocenters. The SMILES string of the molecule is CCOC[C@@H]1OC(C)(C)O[C@H]1[C@@H]1COC(C)(C)O1. The van der Waals surface area contributed by atoms with Crippen LogP contribution in [0.3, 0.4) is 0 Å². The van der Waals surface area contributed by atoms with Gasteiger partial charge in [0.05, 0.1) is 13.2 Å². The van der Waals surface area contributed by atoms with Crippen molar-refractivity contribution >= 4 is 0 Å². The summed E-state index contributed by atoms with van der Waals surface area (Å²) < 4.78 is 28.7. The van der Waals surface area contributed by atoms with Crippen LogP contribution >= 0.6 is 0 Å². The Hall–Kier alpha value is -0.200. The smallest absolute Gasteiger partial charge is 0.164 e. The van der Waals surface area contributed by atoms with Crippen molar-refractivity contribution in [2.24, 2.45) is 0 Å². The number of rotatable bonds is 4. The molecule has 0 aromatic heterocycles. The zero-order chi connectivity index (χ0) is 13.4. The van der Waals surface area contributed by atoms with Crippen LogP contribution in [0.5, 0.6) is 0 Å². The van der Waals surface area contributed by atoms with E-state index in [1.807, 2.05) is 34.6 Å². The Morgan fingerprint density at radius 3 is 2.33 bits per heavy atom. The van der Waals surface area contributed by atoms with E-state index in [0.29, 0.717) is 19.8 Å². The van der Waals surface area contributed by atoms with Crippen molar-refractivity contribution in [3.8, 4) is 0 Å². The quantitative estimate of drug-likeness (QED) is 0.770. The fourth-order valence-electron chi connectivity index (χ4n) is 2.42. The highest BCUT2D eigenvalue weighted by Crippen LogP contribution is 2.35. The third-order valence-corrected chi connectivity index (χ3v) is 3.10. The van der Waals surface area contributed by atoms with Gasteiger partial charge in [0.15, 0.2) is 11.6 Å². The standard InChI is InChI=1S/C13H24O5/c1-6-14-7-9-11(18-13(4,5)17-9)10-8-15-12(2,3)16-10/h9-11H,6-8H2,1-5H3/t9-,10-,11+/m0/s1. The van der Waals surface area contributed by atoms with E-state index in [1.165, 1.54) is 0 Å². The first-order valence-corrected chi connectivity index (χ1v) is 6.58. The van der Waals surface area contributed by atoms with Crippen molar-refractivity contribution in [1.82, 2.24) is 0 Å². The summed E-state index contributed by atoms with van der Waals surface area (Å²) in [5.41, 5.74) is 0. The third-order valence-electron chi connectivity index (χ3n) is 3.10. The lowest BCUT2D eigenvalue weighted by atomic mass is 10.1. The second-order valence-electron chi connectivity index (χ2n) is 5.67. The minimum Gasteiger partial charge on any atom is -0.379 e. The lowest BCUT2D eigenvalue weighted by molar-refractivity contribution is -0.175. The second kappa shape index (κ2) is 5.06. The van der Waals surface area contributed by atoms with E-state index in [0.717, 1.165) is 0 Å². The highest BCUT2D eigenvalue weighted by atomic mass is 16.8. The summed E-state index contributed by atoms with van der Waals surface area (Å²) in [6, 6.07) is 0. The maximum absolute atomic E-state index is 5.93. The summed E-state index contributed by atoms with van der Waals surface area (Å²) in [5.74, 6) is -1.14. The van der Waals surface area contributed by atoms with E-state index in [9.17, 15) is 0 Å². The first-order valence-electron chi connectivity index (χ1n) is 6.58. The molecule has 0 aromatic rings. The van der Waals surface area contributed by atoms with Gasteiger partial charge in [0.2, 0.25) is 0 Å². The molecule has 2 aliphatic heterocycles. The molecule has 0 amide bonds. The van der Waals surface area contributed by atoms with Crippen LogP contribution in [0.1, 0.15) is 34.6 Å². The van der Waals surface area contributed by atoms with Crippen LogP contribution in [0, 0.1) is 0 Å². The summed E-state index contributed by atoms with van der Waals surface area (Å²) in [4.78, 5) is 0. The highest BCUT2D eigenvalue weighted by Gasteiger charge is 2.49. The molecule has 0 saturated carbocycles. The van der Waals surface area contributed by atoms with Crippen molar-refractivity contribution in [2.75, 3.05) is 19.8 Å². The van der Waals surface area contributed by atoms with Gasteiger partial charge in [-0.3, -0.25) is 0 Å². The highest BCUT2D eigenvalue weighted by molar-refractivity contribution is 4.90. The average molecular weight is 260 g/mol. The molecule has 0 bridgehead atoms. The van der Waals surface area contributed by atoms with E-state index in [4.69, 9.17) is 23.7 Å². The molecular weight excluding hydrogens is 236 g/mol. The van der Waals surface area contributed by atoms with Crippen LogP contribution in [0.25, 0.3) is 0 Å². The predicted molar refractivity (Wildman–Crippen MR) is 65.2 cm³/mol. The predicted octanol–water partition coefficient (Wildman–Crippen LogP) is 1.69. The van der Waals surface area contributed by atoms with Gasteiger partial charge in [0.25, 0.3) is 0 Å². The Morgan fingerprint density at radius 2 is 1.78 bits per heavy atom. The summed E-state index contributed by atoms with van der Waals surface area (Å²) >= 11 is 0. The van der Waals surface area contributed by atoms with E-state index >= 15 is 0 Å². The van der Waals surface area contributed by atoms with Crippen LogP contribution in [0.15, 0.2) is 0 Å². The maximum Gasteiger partial charge on any atom is 0.164 e.